The van der Waals surface area contributed by atoms with Crippen molar-refractivity contribution < 1.29 is 28.9 Å². The van der Waals surface area contributed by atoms with Gasteiger partial charge in [0.05, 0.1) is 12.2 Å². The SMILES string of the molecule is CC/C=C\CC1OC1C/C=C\C/C=C\C/C=C\C/C=C\CCC(=O)OC[C@@H](O)COC(=O)CCCCCCCCCCCCCCCCCCC. The van der Waals surface area contributed by atoms with Crippen LogP contribution in [0.2, 0.25) is 0 Å². The highest BCUT2D eigenvalue weighted by atomic mass is 16.6. The van der Waals surface area contributed by atoms with Crippen molar-refractivity contribution in [2.75, 3.05) is 13.2 Å². The molecular weight excluding hydrogens is 636 g/mol. The molecule has 0 spiro atoms. The molecule has 0 aliphatic carbocycles. The third kappa shape index (κ3) is 33.2. The summed E-state index contributed by atoms with van der Waals surface area (Å²) >= 11 is 0. The van der Waals surface area contributed by atoms with Crippen LogP contribution in [-0.2, 0) is 23.8 Å². The fourth-order valence-electron chi connectivity index (χ4n) is 5.92. The summed E-state index contributed by atoms with van der Waals surface area (Å²) in [4.78, 5) is 23.9. The number of hydrogen-bond donors (Lipinski definition) is 1. The van der Waals surface area contributed by atoms with Crippen molar-refractivity contribution in [1.82, 2.24) is 0 Å². The fourth-order valence-corrected chi connectivity index (χ4v) is 5.92. The van der Waals surface area contributed by atoms with E-state index in [0.717, 1.165) is 57.8 Å². The summed E-state index contributed by atoms with van der Waals surface area (Å²) in [5, 5.41) is 10.0. The second-order valence-corrected chi connectivity index (χ2v) is 14.1. The number of epoxide rings is 1. The van der Waals surface area contributed by atoms with Crippen LogP contribution in [-0.4, -0.2) is 48.6 Å². The van der Waals surface area contributed by atoms with Gasteiger partial charge in [0.15, 0.2) is 0 Å². The van der Waals surface area contributed by atoms with E-state index in [0.29, 0.717) is 25.0 Å². The molecule has 51 heavy (non-hydrogen) atoms. The fraction of sp³-hybridized carbons (Fsp3) is 0.733. The van der Waals surface area contributed by atoms with E-state index in [9.17, 15) is 14.7 Å². The molecule has 292 valence electrons. The molecule has 0 saturated carbocycles. The first-order valence-electron chi connectivity index (χ1n) is 21.0. The van der Waals surface area contributed by atoms with E-state index in [2.05, 4.69) is 62.5 Å². The molecule has 6 heteroatoms. The summed E-state index contributed by atoms with van der Waals surface area (Å²) in [6, 6.07) is 0. The molecule has 0 aromatic heterocycles. The van der Waals surface area contributed by atoms with Gasteiger partial charge in [-0.15, -0.1) is 0 Å². The van der Waals surface area contributed by atoms with Gasteiger partial charge < -0.3 is 19.3 Å². The van der Waals surface area contributed by atoms with E-state index in [-0.39, 0.29) is 31.6 Å². The van der Waals surface area contributed by atoms with Crippen LogP contribution in [0.3, 0.4) is 0 Å². The molecule has 0 aromatic carbocycles. The minimum atomic E-state index is -0.998. The van der Waals surface area contributed by atoms with Crippen molar-refractivity contribution in [3.05, 3.63) is 60.8 Å². The highest BCUT2D eigenvalue weighted by Gasteiger charge is 2.35. The first-order chi connectivity index (χ1) is 25.1. The molecule has 6 nitrogen and oxygen atoms in total. The molecule has 1 aliphatic rings. The summed E-state index contributed by atoms with van der Waals surface area (Å²) in [6.45, 7) is 4.12. The average Bonchev–Trinajstić information content (AvgIpc) is 3.89. The quantitative estimate of drug-likeness (QED) is 0.0301. The molecule has 1 fully saturated rings. The van der Waals surface area contributed by atoms with E-state index in [4.69, 9.17) is 14.2 Å². The van der Waals surface area contributed by atoms with Crippen LogP contribution in [0, 0.1) is 0 Å². The monoisotopic (exact) mass is 713 g/mol. The predicted octanol–water partition coefficient (Wildman–Crippen LogP) is 12.2. The van der Waals surface area contributed by atoms with Gasteiger partial charge in [-0.05, 0) is 51.4 Å². The second kappa shape index (κ2) is 35.9. The third-order valence-electron chi connectivity index (χ3n) is 9.18. The smallest absolute Gasteiger partial charge is 0.306 e. The zero-order chi connectivity index (χ0) is 36.9. The lowest BCUT2D eigenvalue weighted by molar-refractivity contribution is -0.152. The topological polar surface area (TPSA) is 85.4 Å². The standard InChI is InChI=1S/C45H76O6/c1-3-5-7-8-9-10-11-12-13-14-15-16-20-23-26-29-33-37-44(47)49-39-41(46)40-50-45(48)38-34-30-27-24-21-18-17-19-22-25-28-32-36-43-42(51-43)35-31-6-4-2/h6,18-19,21-22,27-28,30-32,41-43,46H,3-5,7-17,20,23-26,29,33-40H2,1-2H3/b21-18-,22-19-,30-27-,31-6-,32-28-/t41-,42?,43?/m0/s1. The van der Waals surface area contributed by atoms with Crippen molar-refractivity contribution in [3.8, 4) is 0 Å². The molecule has 1 N–H and O–H groups in total. The first kappa shape index (κ1) is 46.6. The number of carbonyl (C=O) groups excluding carboxylic acids is 2. The molecule has 0 bridgehead atoms. The Morgan fingerprint density at radius 3 is 1.39 bits per heavy atom. The maximum atomic E-state index is 12.0. The number of rotatable bonds is 36. The van der Waals surface area contributed by atoms with Crippen LogP contribution in [0.25, 0.3) is 0 Å². The van der Waals surface area contributed by atoms with Crippen molar-refractivity contribution >= 4 is 11.9 Å². The van der Waals surface area contributed by atoms with Gasteiger partial charge in [-0.2, -0.15) is 0 Å². The number of allylic oxidation sites excluding steroid dienone is 8. The number of ether oxygens (including phenoxy) is 3. The van der Waals surface area contributed by atoms with Crippen LogP contribution in [0.15, 0.2) is 60.8 Å². The third-order valence-corrected chi connectivity index (χ3v) is 9.18. The highest BCUT2D eigenvalue weighted by Crippen LogP contribution is 2.29. The molecule has 0 aromatic rings. The Labute approximate surface area is 313 Å². The summed E-state index contributed by atoms with van der Waals surface area (Å²) in [6.07, 6.45) is 50.4. The number of esters is 2. The van der Waals surface area contributed by atoms with E-state index in [1.807, 2.05) is 12.2 Å². The summed E-state index contributed by atoms with van der Waals surface area (Å²) < 4.78 is 16.0. The van der Waals surface area contributed by atoms with Gasteiger partial charge in [0.2, 0.25) is 0 Å². The minimum absolute atomic E-state index is 0.142. The van der Waals surface area contributed by atoms with E-state index in [1.165, 1.54) is 89.9 Å². The number of aliphatic hydroxyl groups is 1. The zero-order valence-electron chi connectivity index (χ0n) is 32.8. The predicted molar refractivity (Wildman–Crippen MR) is 214 cm³/mol. The Balaban J connectivity index is 1.85. The molecule has 2 unspecified atom stereocenters. The maximum Gasteiger partial charge on any atom is 0.306 e. The van der Waals surface area contributed by atoms with E-state index < -0.39 is 6.10 Å². The van der Waals surface area contributed by atoms with Gasteiger partial charge in [-0.3, -0.25) is 9.59 Å². The van der Waals surface area contributed by atoms with E-state index >= 15 is 0 Å². The Morgan fingerprint density at radius 2 is 0.922 bits per heavy atom. The zero-order valence-corrected chi connectivity index (χ0v) is 32.8. The second-order valence-electron chi connectivity index (χ2n) is 14.1. The normalized spacial score (nSPS) is 16.8. The van der Waals surface area contributed by atoms with Crippen LogP contribution >= 0.6 is 0 Å². The van der Waals surface area contributed by atoms with Crippen LogP contribution < -0.4 is 0 Å². The van der Waals surface area contributed by atoms with Crippen LogP contribution in [0.5, 0.6) is 0 Å². The van der Waals surface area contributed by atoms with Crippen molar-refractivity contribution in [3.63, 3.8) is 0 Å². The summed E-state index contributed by atoms with van der Waals surface area (Å²) in [5.74, 6) is -0.662. The molecule has 3 atom stereocenters. The van der Waals surface area contributed by atoms with Crippen LogP contribution in [0.1, 0.15) is 181 Å². The van der Waals surface area contributed by atoms with Crippen LogP contribution in [0.4, 0.5) is 0 Å². The van der Waals surface area contributed by atoms with Gasteiger partial charge in [-0.25, -0.2) is 0 Å². The number of carbonyl (C=O) groups is 2. The lowest BCUT2D eigenvalue weighted by Crippen LogP contribution is -2.25. The van der Waals surface area contributed by atoms with Gasteiger partial charge in [0.1, 0.15) is 19.3 Å². The first-order valence-corrected chi connectivity index (χ1v) is 21.0. The van der Waals surface area contributed by atoms with Gasteiger partial charge in [0, 0.05) is 12.8 Å². The number of aliphatic hydroxyl groups excluding tert-OH is 1. The largest absolute Gasteiger partial charge is 0.463 e. The molecule has 1 rings (SSSR count). The number of hydrogen-bond acceptors (Lipinski definition) is 6. The van der Waals surface area contributed by atoms with Gasteiger partial charge in [-0.1, -0.05) is 177 Å². The van der Waals surface area contributed by atoms with Gasteiger partial charge in [0.25, 0.3) is 0 Å². The van der Waals surface area contributed by atoms with E-state index in [1.54, 1.807) is 0 Å². The molecule has 1 saturated heterocycles. The lowest BCUT2D eigenvalue weighted by Gasteiger charge is -2.12. The minimum Gasteiger partial charge on any atom is -0.463 e. The average molecular weight is 713 g/mol. The lowest BCUT2D eigenvalue weighted by atomic mass is 10.0. The summed E-state index contributed by atoms with van der Waals surface area (Å²) in [5.41, 5.74) is 0. The molecule has 1 aliphatic heterocycles. The Morgan fingerprint density at radius 1 is 0.529 bits per heavy atom. The van der Waals surface area contributed by atoms with Gasteiger partial charge >= 0.3 is 11.9 Å². The molecule has 0 amide bonds. The van der Waals surface area contributed by atoms with Crippen molar-refractivity contribution in [2.45, 2.75) is 199 Å². The Bertz CT molecular complexity index is 964. The molecular formula is C45H76O6. The maximum absolute atomic E-state index is 12.0. The molecule has 1 heterocycles. The highest BCUT2D eigenvalue weighted by molar-refractivity contribution is 5.70. The van der Waals surface area contributed by atoms with Crippen molar-refractivity contribution in [1.29, 1.82) is 0 Å². The summed E-state index contributed by atoms with van der Waals surface area (Å²) in [7, 11) is 0. The Kier molecular flexibility index (Phi) is 32.8. The molecule has 0 radical (unpaired) electrons. The number of unbranched alkanes of at least 4 members (excludes halogenated alkanes) is 16. The van der Waals surface area contributed by atoms with Crippen molar-refractivity contribution in [2.24, 2.45) is 0 Å². The Hall–Kier alpha value is -2.44.